The molecule has 15 heavy (non-hydrogen) atoms. The lowest BCUT2D eigenvalue weighted by molar-refractivity contribution is 0.660. The van der Waals surface area contributed by atoms with Crippen molar-refractivity contribution in [3.63, 3.8) is 0 Å². The first kappa shape index (κ1) is 10.5. The molecule has 0 aliphatic heterocycles. The van der Waals surface area contributed by atoms with E-state index in [9.17, 15) is 0 Å². The Balaban J connectivity index is 2.59. The maximum atomic E-state index is 4.17. The highest BCUT2D eigenvalue weighted by molar-refractivity contribution is 7.78. The number of nitrogens with zero attached hydrogens (tertiary/aromatic N) is 1. The van der Waals surface area contributed by atoms with Gasteiger partial charge in [-0.2, -0.15) is 0 Å². The summed E-state index contributed by atoms with van der Waals surface area (Å²) in [6.45, 7) is 2.15. The molecule has 1 aromatic carbocycles. The molecule has 0 fully saturated rings. The van der Waals surface area contributed by atoms with Gasteiger partial charge in [0, 0.05) is 23.8 Å². The maximum absolute atomic E-state index is 4.17. The summed E-state index contributed by atoms with van der Waals surface area (Å²) in [5.74, 6) is 0. The Morgan fingerprint density at radius 3 is 3.00 bits per heavy atom. The Kier molecular flexibility index (Phi) is 3.23. The van der Waals surface area contributed by atoms with Gasteiger partial charge in [0.1, 0.15) is 0 Å². The number of hydrogen-bond acceptors (Lipinski definition) is 3. The van der Waals surface area contributed by atoms with Gasteiger partial charge in [0.25, 0.3) is 0 Å². The monoisotopic (exact) mass is 218 g/mol. The van der Waals surface area contributed by atoms with Crippen molar-refractivity contribution in [2.75, 3.05) is 0 Å². The van der Waals surface area contributed by atoms with E-state index in [0.29, 0.717) is 6.04 Å². The highest BCUT2D eigenvalue weighted by Gasteiger charge is 2.09. The number of rotatable bonds is 3. The standard InChI is InChI=1S/C12H14N2S/c1-2-12(14-15)11-5-3-4-9-8-13-7-6-10(9)11/h3-8,12,14-15H,2H2,1H3. The van der Waals surface area contributed by atoms with Gasteiger partial charge >= 0.3 is 0 Å². The molecule has 1 heterocycles. The lowest BCUT2D eigenvalue weighted by Crippen LogP contribution is -2.10. The van der Waals surface area contributed by atoms with Gasteiger partial charge in [0.15, 0.2) is 0 Å². The van der Waals surface area contributed by atoms with Gasteiger partial charge in [0.05, 0.1) is 0 Å². The molecule has 0 radical (unpaired) electrons. The van der Waals surface area contributed by atoms with E-state index in [-0.39, 0.29) is 0 Å². The van der Waals surface area contributed by atoms with Crippen molar-refractivity contribution in [1.29, 1.82) is 0 Å². The summed E-state index contributed by atoms with van der Waals surface area (Å²) in [4.78, 5) is 4.13. The van der Waals surface area contributed by atoms with Crippen molar-refractivity contribution in [2.45, 2.75) is 19.4 Å². The van der Waals surface area contributed by atoms with Gasteiger partial charge < -0.3 is 0 Å². The lowest BCUT2D eigenvalue weighted by Gasteiger charge is -2.15. The van der Waals surface area contributed by atoms with Crippen LogP contribution in [0, 0.1) is 0 Å². The Morgan fingerprint density at radius 1 is 1.40 bits per heavy atom. The van der Waals surface area contributed by atoms with Crippen LogP contribution >= 0.6 is 12.8 Å². The number of pyridine rings is 1. The normalized spacial score (nSPS) is 12.9. The summed E-state index contributed by atoms with van der Waals surface area (Å²) in [5.41, 5.74) is 1.28. The van der Waals surface area contributed by atoms with E-state index in [1.807, 2.05) is 12.4 Å². The molecule has 0 saturated heterocycles. The first-order chi connectivity index (χ1) is 7.36. The van der Waals surface area contributed by atoms with Crippen LogP contribution in [0.1, 0.15) is 24.9 Å². The molecule has 2 aromatic rings. The number of aromatic nitrogens is 1. The molecule has 3 heteroatoms. The van der Waals surface area contributed by atoms with Crippen molar-refractivity contribution >= 4 is 23.6 Å². The number of thiol groups is 1. The van der Waals surface area contributed by atoms with E-state index in [1.165, 1.54) is 16.3 Å². The second kappa shape index (κ2) is 4.64. The van der Waals surface area contributed by atoms with Gasteiger partial charge in [-0.05, 0) is 23.4 Å². The average Bonchev–Trinajstić information content (AvgIpc) is 2.31. The third-order valence-corrected chi connectivity index (χ3v) is 2.97. The molecule has 1 unspecified atom stereocenters. The lowest BCUT2D eigenvalue weighted by atomic mass is 9.99. The molecular weight excluding hydrogens is 204 g/mol. The topological polar surface area (TPSA) is 24.9 Å². The van der Waals surface area contributed by atoms with E-state index in [1.54, 1.807) is 0 Å². The van der Waals surface area contributed by atoms with Gasteiger partial charge in [-0.1, -0.05) is 37.9 Å². The molecule has 1 atom stereocenters. The number of hydrogen-bond donors (Lipinski definition) is 2. The molecule has 2 rings (SSSR count). The van der Waals surface area contributed by atoms with E-state index in [4.69, 9.17) is 0 Å². The molecule has 0 aliphatic carbocycles. The van der Waals surface area contributed by atoms with Crippen LogP contribution in [0.4, 0.5) is 0 Å². The highest BCUT2D eigenvalue weighted by Crippen LogP contribution is 2.25. The number of fused-ring (bicyclic) bond motifs is 1. The fourth-order valence-electron chi connectivity index (χ4n) is 1.83. The van der Waals surface area contributed by atoms with Gasteiger partial charge in [0.2, 0.25) is 0 Å². The van der Waals surface area contributed by atoms with E-state index in [0.717, 1.165) is 6.42 Å². The van der Waals surface area contributed by atoms with Crippen molar-refractivity contribution in [3.05, 3.63) is 42.2 Å². The number of benzene rings is 1. The zero-order valence-electron chi connectivity index (χ0n) is 8.64. The minimum absolute atomic E-state index is 0.291. The minimum atomic E-state index is 0.291. The Labute approximate surface area is 95.3 Å². The van der Waals surface area contributed by atoms with Gasteiger partial charge in [-0.25, -0.2) is 0 Å². The minimum Gasteiger partial charge on any atom is -0.264 e. The SMILES string of the molecule is CCC(NS)c1cccc2cnccc12. The van der Waals surface area contributed by atoms with E-state index < -0.39 is 0 Å². The molecule has 0 amide bonds. The molecule has 0 spiro atoms. The van der Waals surface area contributed by atoms with Crippen LogP contribution in [0.2, 0.25) is 0 Å². The van der Waals surface area contributed by atoms with Crippen LogP contribution in [-0.2, 0) is 0 Å². The van der Waals surface area contributed by atoms with Crippen LogP contribution in [0.3, 0.4) is 0 Å². The molecule has 2 nitrogen and oxygen atoms in total. The summed E-state index contributed by atoms with van der Waals surface area (Å²) in [5, 5.41) is 2.43. The molecule has 0 saturated carbocycles. The predicted molar refractivity (Wildman–Crippen MR) is 66.9 cm³/mol. The van der Waals surface area contributed by atoms with Gasteiger partial charge in [-0.3, -0.25) is 9.71 Å². The largest absolute Gasteiger partial charge is 0.264 e. The third-order valence-electron chi connectivity index (χ3n) is 2.65. The summed E-state index contributed by atoms with van der Waals surface area (Å²) >= 11 is 4.17. The molecule has 1 aromatic heterocycles. The van der Waals surface area contributed by atoms with Crippen molar-refractivity contribution in [1.82, 2.24) is 9.71 Å². The number of nitrogens with one attached hydrogen (secondary N) is 1. The van der Waals surface area contributed by atoms with E-state index in [2.05, 4.69) is 53.7 Å². The second-order valence-corrected chi connectivity index (χ2v) is 3.79. The molecule has 0 bridgehead atoms. The second-order valence-electron chi connectivity index (χ2n) is 3.53. The summed E-state index contributed by atoms with van der Waals surface area (Å²) in [6, 6.07) is 8.63. The van der Waals surface area contributed by atoms with Gasteiger partial charge in [-0.15, -0.1) is 0 Å². The Bertz CT molecular complexity index is 447. The zero-order chi connectivity index (χ0) is 10.7. The van der Waals surface area contributed by atoms with Crippen LogP contribution in [0.25, 0.3) is 10.8 Å². The third kappa shape index (κ3) is 1.98. The molecule has 78 valence electrons. The fraction of sp³-hybridized carbons (Fsp3) is 0.250. The smallest absolute Gasteiger partial charge is 0.0422 e. The Hall–Kier alpha value is -1.06. The average molecular weight is 218 g/mol. The maximum Gasteiger partial charge on any atom is 0.0422 e. The van der Waals surface area contributed by atoms with E-state index >= 15 is 0 Å². The quantitative estimate of drug-likeness (QED) is 0.774. The zero-order valence-corrected chi connectivity index (χ0v) is 9.54. The molecule has 0 aliphatic rings. The van der Waals surface area contributed by atoms with Crippen molar-refractivity contribution < 1.29 is 0 Å². The molecular formula is C12H14N2S. The van der Waals surface area contributed by atoms with Crippen LogP contribution in [0.15, 0.2) is 36.7 Å². The van der Waals surface area contributed by atoms with Crippen LogP contribution < -0.4 is 4.72 Å². The Morgan fingerprint density at radius 2 is 2.27 bits per heavy atom. The van der Waals surface area contributed by atoms with Crippen molar-refractivity contribution in [3.8, 4) is 0 Å². The molecule has 1 N–H and O–H groups in total. The van der Waals surface area contributed by atoms with Crippen LogP contribution in [0.5, 0.6) is 0 Å². The predicted octanol–water partition coefficient (Wildman–Crippen LogP) is 3.12. The van der Waals surface area contributed by atoms with Crippen molar-refractivity contribution in [2.24, 2.45) is 0 Å². The first-order valence-corrected chi connectivity index (χ1v) is 5.53. The van der Waals surface area contributed by atoms with Crippen LogP contribution in [-0.4, -0.2) is 4.98 Å². The summed E-state index contributed by atoms with van der Waals surface area (Å²) < 4.78 is 3.03. The fourth-order valence-corrected chi connectivity index (χ4v) is 2.15. The highest BCUT2D eigenvalue weighted by atomic mass is 32.1. The summed E-state index contributed by atoms with van der Waals surface area (Å²) in [7, 11) is 0. The summed E-state index contributed by atoms with van der Waals surface area (Å²) in [6.07, 6.45) is 4.74. The first-order valence-electron chi connectivity index (χ1n) is 5.09.